The molecule has 0 atom stereocenters. The molecule has 0 aliphatic heterocycles. The molecule has 0 aromatic carbocycles. The van der Waals surface area contributed by atoms with Crippen molar-refractivity contribution in [2.75, 3.05) is 13.7 Å². The summed E-state index contributed by atoms with van der Waals surface area (Å²) < 4.78 is 5.04. The van der Waals surface area contributed by atoms with Crippen LogP contribution in [-0.2, 0) is 13.0 Å². The van der Waals surface area contributed by atoms with Crippen molar-refractivity contribution in [3.8, 4) is 5.88 Å². The minimum absolute atomic E-state index is 0.631. The second kappa shape index (κ2) is 7.05. The fraction of sp³-hybridized carbons (Fsp3) is 0.467. The predicted molar refractivity (Wildman–Crippen MR) is 78.7 cm³/mol. The third-order valence-corrected chi connectivity index (χ3v) is 2.93. The molecule has 0 aliphatic rings. The summed E-state index contributed by atoms with van der Waals surface area (Å²) in [5.41, 5.74) is 2.23. The van der Waals surface area contributed by atoms with Crippen LogP contribution in [0, 0.1) is 5.92 Å². The van der Waals surface area contributed by atoms with Gasteiger partial charge in [0.25, 0.3) is 0 Å². The summed E-state index contributed by atoms with van der Waals surface area (Å²) >= 11 is 0. The zero-order valence-corrected chi connectivity index (χ0v) is 12.3. The molecule has 0 saturated heterocycles. The summed E-state index contributed by atoms with van der Waals surface area (Å²) in [4.78, 5) is 11.9. The lowest BCUT2D eigenvalue weighted by molar-refractivity contribution is 0.397. The van der Waals surface area contributed by atoms with E-state index in [0.29, 0.717) is 11.8 Å². The number of imidazole rings is 1. The molecule has 0 aliphatic carbocycles. The van der Waals surface area contributed by atoms with Gasteiger partial charge in [-0.25, -0.2) is 9.97 Å². The number of aromatic amines is 1. The number of hydrogen-bond donors (Lipinski definition) is 2. The molecule has 20 heavy (non-hydrogen) atoms. The van der Waals surface area contributed by atoms with Gasteiger partial charge >= 0.3 is 0 Å². The second-order valence-electron chi connectivity index (χ2n) is 5.27. The van der Waals surface area contributed by atoms with Crippen molar-refractivity contribution in [3.63, 3.8) is 0 Å². The molecule has 2 heterocycles. The van der Waals surface area contributed by atoms with Crippen molar-refractivity contribution in [1.82, 2.24) is 20.3 Å². The summed E-state index contributed by atoms with van der Waals surface area (Å²) in [6.45, 7) is 6.23. The first-order chi connectivity index (χ1) is 9.67. The average Bonchev–Trinajstić information content (AvgIpc) is 2.87. The third kappa shape index (κ3) is 4.35. The van der Waals surface area contributed by atoms with E-state index < -0.39 is 0 Å². The van der Waals surface area contributed by atoms with Crippen LogP contribution in [-0.4, -0.2) is 28.6 Å². The molecule has 108 valence electrons. The van der Waals surface area contributed by atoms with E-state index in [2.05, 4.69) is 34.1 Å². The minimum atomic E-state index is 0.631. The molecule has 0 amide bonds. The Morgan fingerprint density at radius 1 is 1.25 bits per heavy atom. The van der Waals surface area contributed by atoms with E-state index in [-0.39, 0.29) is 0 Å². The van der Waals surface area contributed by atoms with Crippen molar-refractivity contribution in [1.29, 1.82) is 0 Å². The number of H-pyrrole nitrogens is 1. The lowest BCUT2D eigenvalue weighted by atomic mass is 10.2. The fourth-order valence-corrected chi connectivity index (χ4v) is 1.91. The van der Waals surface area contributed by atoms with Crippen LogP contribution in [0.1, 0.15) is 30.9 Å². The van der Waals surface area contributed by atoms with Crippen molar-refractivity contribution >= 4 is 0 Å². The fourth-order valence-electron chi connectivity index (χ4n) is 1.91. The predicted octanol–water partition coefficient (Wildman–Crippen LogP) is 2.15. The minimum Gasteiger partial charge on any atom is -0.481 e. The Hall–Kier alpha value is -1.88. The number of nitrogens with one attached hydrogen (secondary N) is 2. The van der Waals surface area contributed by atoms with Crippen LogP contribution in [0.3, 0.4) is 0 Å². The Kier molecular flexibility index (Phi) is 5.12. The highest BCUT2D eigenvalue weighted by Gasteiger charge is 2.03. The highest BCUT2D eigenvalue weighted by molar-refractivity contribution is 5.21. The van der Waals surface area contributed by atoms with Gasteiger partial charge in [-0.1, -0.05) is 19.9 Å². The largest absolute Gasteiger partial charge is 0.481 e. The summed E-state index contributed by atoms with van der Waals surface area (Å²) in [5.74, 6) is 2.24. The SMILES string of the molecule is COc1ccc(Cc2ncc(CNCC(C)C)[nH]2)cn1. The van der Waals surface area contributed by atoms with Crippen molar-refractivity contribution in [2.45, 2.75) is 26.8 Å². The Morgan fingerprint density at radius 2 is 2.10 bits per heavy atom. The smallest absolute Gasteiger partial charge is 0.212 e. The van der Waals surface area contributed by atoms with Gasteiger partial charge in [-0.3, -0.25) is 0 Å². The van der Waals surface area contributed by atoms with Gasteiger partial charge in [-0.15, -0.1) is 0 Å². The van der Waals surface area contributed by atoms with Crippen molar-refractivity contribution < 1.29 is 4.74 Å². The van der Waals surface area contributed by atoms with E-state index in [1.54, 1.807) is 7.11 Å². The number of methoxy groups -OCH3 is 1. The first kappa shape index (κ1) is 14.5. The highest BCUT2D eigenvalue weighted by atomic mass is 16.5. The van der Waals surface area contributed by atoms with Gasteiger partial charge < -0.3 is 15.0 Å². The number of rotatable bonds is 7. The molecular weight excluding hydrogens is 252 g/mol. The molecule has 0 unspecified atom stereocenters. The molecule has 2 N–H and O–H groups in total. The number of hydrogen-bond acceptors (Lipinski definition) is 4. The van der Waals surface area contributed by atoms with Gasteiger partial charge in [0.15, 0.2) is 0 Å². The number of aromatic nitrogens is 3. The van der Waals surface area contributed by atoms with Gasteiger partial charge in [0.1, 0.15) is 5.82 Å². The third-order valence-electron chi connectivity index (χ3n) is 2.93. The van der Waals surface area contributed by atoms with E-state index >= 15 is 0 Å². The Morgan fingerprint density at radius 3 is 2.75 bits per heavy atom. The molecule has 2 aromatic heterocycles. The zero-order valence-electron chi connectivity index (χ0n) is 12.3. The highest BCUT2D eigenvalue weighted by Crippen LogP contribution is 2.10. The molecule has 0 radical (unpaired) electrons. The zero-order chi connectivity index (χ0) is 14.4. The Labute approximate surface area is 119 Å². The summed E-state index contributed by atoms with van der Waals surface area (Å²) in [6, 6.07) is 3.87. The Bertz CT molecular complexity index is 519. The number of pyridine rings is 1. The van der Waals surface area contributed by atoms with Crippen LogP contribution < -0.4 is 10.1 Å². The van der Waals surface area contributed by atoms with E-state index in [1.165, 1.54) is 0 Å². The van der Waals surface area contributed by atoms with Gasteiger partial charge in [0, 0.05) is 37.1 Å². The van der Waals surface area contributed by atoms with Crippen LogP contribution in [0.25, 0.3) is 0 Å². The van der Waals surface area contributed by atoms with Crippen LogP contribution >= 0.6 is 0 Å². The molecule has 0 saturated carbocycles. The topological polar surface area (TPSA) is 62.8 Å². The van der Waals surface area contributed by atoms with Crippen molar-refractivity contribution in [3.05, 3.63) is 41.6 Å². The molecule has 0 spiro atoms. The average molecular weight is 274 g/mol. The molecule has 2 aromatic rings. The second-order valence-corrected chi connectivity index (χ2v) is 5.27. The standard InChI is InChI=1S/C15H22N4O/c1-11(2)7-16-9-13-10-17-14(19-13)6-12-4-5-15(20-3)18-8-12/h4-5,8,10-11,16H,6-7,9H2,1-3H3,(H,17,19). The lowest BCUT2D eigenvalue weighted by Gasteiger charge is -2.05. The summed E-state index contributed by atoms with van der Waals surface area (Å²) in [6.07, 6.45) is 4.46. The van der Waals surface area contributed by atoms with Gasteiger partial charge in [0.2, 0.25) is 5.88 Å². The van der Waals surface area contributed by atoms with E-state index in [1.807, 2.05) is 24.5 Å². The summed E-state index contributed by atoms with van der Waals surface area (Å²) in [7, 11) is 1.62. The maximum absolute atomic E-state index is 5.04. The molecule has 0 fully saturated rings. The maximum Gasteiger partial charge on any atom is 0.212 e. The normalized spacial score (nSPS) is 11.0. The first-order valence-corrected chi connectivity index (χ1v) is 6.89. The number of nitrogens with zero attached hydrogens (tertiary/aromatic N) is 2. The van der Waals surface area contributed by atoms with Gasteiger partial charge in [-0.05, 0) is 18.0 Å². The van der Waals surface area contributed by atoms with Crippen LogP contribution in [0.4, 0.5) is 0 Å². The summed E-state index contributed by atoms with van der Waals surface area (Å²) in [5, 5.41) is 3.39. The lowest BCUT2D eigenvalue weighted by Crippen LogP contribution is -2.19. The van der Waals surface area contributed by atoms with Crippen LogP contribution in [0.2, 0.25) is 0 Å². The molecule has 0 bridgehead atoms. The van der Waals surface area contributed by atoms with Gasteiger partial charge in [0.05, 0.1) is 7.11 Å². The maximum atomic E-state index is 5.04. The Balaban J connectivity index is 1.88. The van der Waals surface area contributed by atoms with Crippen molar-refractivity contribution in [2.24, 2.45) is 5.92 Å². The molecule has 5 heteroatoms. The first-order valence-electron chi connectivity index (χ1n) is 6.89. The van der Waals surface area contributed by atoms with Gasteiger partial charge in [-0.2, -0.15) is 0 Å². The molecular formula is C15H22N4O. The van der Waals surface area contributed by atoms with E-state index in [0.717, 1.165) is 36.6 Å². The van der Waals surface area contributed by atoms with Crippen LogP contribution in [0.15, 0.2) is 24.5 Å². The monoisotopic (exact) mass is 274 g/mol. The molecule has 2 rings (SSSR count). The van der Waals surface area contributed by atoms with E-state index in [4.69, 9.17) is 4.74 Å². The number of ether oxygens (including phenoxy) is 1. The van der Waals surface area contributed by atoms with E-state index in [9.17, 15) is 0 Å². The molecule has 5 nitrogen and oxygen atoms in total. The quantitative estimate of drug-likeness (QED) is 0.812. The van der Waals surface area contributed by atoms with Crippen LogP contribution in [0.5, 0.6) is 5.88 Å².